The highest BCUT2D eigenvalue weighted by atomic mass is 35.5. The van der Waals surface area contributed by atoms with Gasteiger partial charge in [0.2, 0.25) is 0 Å². The zero-order valence-electron chi connectivity index (χ0n) is 8.95. The quantitative estimate of drug-likeness (QED) is 0.658. The largest absolute Gasteiger partial charge is 0.396 e. The molecule has 1 fully saturated rings. The Balaban J connectivity index is 2.26. The predicted octanol–water partition coefficient (Wildman–Crippen LogP) is 0.923. The SMILES string of the molecule is O=[N+]([O-])c1cc(S(=O)(=O)N2CC(CO)C2)sc1Cl. The summed E-state index contributed by atoms with van der Waals surface area (Å²) in [4.78, 5) is 9.88. The molecule has 100 valence electrons. The van der Waals surface area contributed by atoms with Gasteiger partial charge in [0.05, 0.1) is 4.92 Å². The Hall–Kier alpha value is -0.740. The van der Waals surface area contributed by atoms with Crippen LogP contribution in [0.3, 0.4) is 0 Å². The minimum absolute atomic E-state index is 0.0646. The lowest BCUT2D eigenvalue weighted by Crippen LogP contribution is -2.50. The molecule has 0 atom stereocenters. The highest BCUT2D eigenvalue weighted by molar-refractivity contribution is 7.91. The highest BCUT2D eigenvalue weighted by Crippen LogP contribution is 2.38. The number of nitrogens with zero attached hydrogens (tertiary/aromatic N) is 2. The van der Waals surface area contributed by atoms with Crippen molar-refractivity contribution in [3.8, 4) is 0 Å². The topological polar surface area (TPSA) is 101 Å². The number of rotatable bonds is 4. The number of thiophene rings is 1. The van der Waals surface area contributed by atoms with Crippen molar-refractivity contribution in [2.45, 2.75) is 4.21 Å². The van der Waals surface area contributed by atoms with E-state index in [0.29, 0.717) is 11.3 Å². The Labute approximate surface area is 112 Å². The van der Waals surface area contributed by atoms with Crippen molar-refractivity contribution in [3.05, 3.63) is 20.5 Å². The van der Waals surface area contributed by atoms with E-state index in [1.165, 1.54) is 4.31 Å². The van der Waals surface area contributed by atoms with Crippen LogP contribution in [0.25, 0.3) is 0 Å². The first-order valence-corrected chi connectivity index (χ1v) is 7.54. The summed E-state index contributed by atoms with van der Waals surface area (Å²) >= 11 is 6.29. The molecular formula is C8H9ClN2O5S2. The molecule has 0 aliphatic carbocycles. The van der Waals surface area contributed by atoms with Crippen molar-refractivity contribution in [3.63, 3.8) is 0 Å². The lowest BCUT2D eigenvalue weighted by Gasteiger charge is -2.36. The van der Waals surface area contributed by atoms with E-state index >= 15 is 0 Å². The summed E-state index contributed by atoms with van der Waals surface area (Å²) in [6.45, 7) is 0.377. The first-order chi connectivity index (χ1) is 8.36. The minimum Gasteiger partial charge on any atom is -0.396 e. The fraction of sp³-hybridized carbons (Fsp3) is 0.500. The molecule has 1 aliphatic heterocycles. The lowest BCUT2D eigenvalue weighted by atomic mass is 10.1. The monoisotopic (exact) mass is 312 g/mol. The molecule has 0 bridgehead atoms. The molecule has 1 saturated heterocycles. The second-order valence-electron chi connectivity index (χ2n) is 3.85. The molecular weight excluding hydrogens is 304 g/mol. The van der Waals surface area contributed by atoms with Crippen LogP contribution >= 0.6 is 22.9 Å². The zero-order chi connectivity index (χ0) is 13.5. The van der Waals surface area contributed by atoms with Crippen molar-refractivity contribution >= 4 is 38.6 Å². The smallest absolute Gasteiger partial charge is 0.300 e. The van der Waals surface area contributed by atoms with Crippen LogP contribution in [-0.2, 0) is 10.0 Å². The number of halogens is 1. The third kappa shape index (κ3) is 2.24. The van der Waals surface area contributed by atoms with Crippen LogP contribution in [0.4, 0.5) is 5.69 Å². The molecule has 2 rings (SSSR count). The molecule has 0 amide bonds. The van der Waals surface area contributed by atoms with Crippen molar-refractivity contribution < 1.29 is 18.4 Å². The van der Waals surface area contributed by atoms with Crippen LogP contribution in [0.15, 0.2) is 10.3 Å². The van der Waals surface area contributed by atoms with E-state index in [1.807, 2.05) is 0 Å². The van der Waals surface area contributed by atoms with Gasteiger partial charge < -0.3 is 5.11 Å². The number of aliphatic hydroxyl groups excluding tert-OH is 1. The molecule has 1 aromatic rings. The molecule has 0 spiro atoms. The van der Waals surface area contributed by atoms with E-state index in [4.69, 9.17) is 16.7 Å². The van der Waals surface area contributed by atoms with E-state index < -0.39 is 20.6 Å². The summed E-state index contributed by atoms with van der Waals surface area (Å²) in [5.41, 5.74) is -0.403. The molecule has 10 heteroatoms. The second-order valence-corrected chi connectivity index (χ2v) is 7.67. The first-order valence-electron chi connectivity index (χ1n) is 4.91. The molecule has 1 aromatic heterocycles. The molecule has 1 N–H and O–H groups in total. The van der Waals surface area contributed by atoms with Gasteiger partial charge >= 0.3 is 0 Å². The van der Waals surface area contributed by atoms with Gasteiger partial charge in [-0.3, -0.25) is 10.1 Å². The zero-order valence-corrected chi connectivity index (χ0v) is 11.3. The summed E-state index contributed by atoms with van der Waals surface area (Å²) in [6.07, 6.45) is 0. The van der Waals surface area contributed by atoms with Gasteiger partial charge in [0.1, 0.15) is 4.21 Å². The van der Waals surface area contributed by atoms with Crippen LogP contribution in [0, 0.1) is 16.0 Å². The predicted molar refractivity (Wildman–Crippen MR) is 65.3 cm³/mol. The van der Waals surface area contributed by atoms with Gasteiger partial charge in [0.15, 0.2) is 4.34 Å². The van der Waals surface area contributed by atoms with Crippen LogP contribution in [0.1, 0.15) is 0 Å². The van der Waals surface area contributed by atoms with Gasteiger partial charge in [0.25, 0.3) is 15.7 Å². The lowest BCUT2D eigenvalue weighted by molar-refractivity contribution is -0.384. The maximum absolute atomic E-state index is 12.0. The summed E-state index contributed by atoms with van der Waals surface area (Å²) < 4.78 is 24.9. The maximum Gasteiger partial charge on any atom is 0.300 e. The Morgan fingerprint density at radius 3 is 2.67 bits per heavy atom. The van der Waals surface area contributed by atoms with E-state index in [1.54, 1.807) is 0 Å². The Morgan fingerprint density at radius 2 is 2.22 bits per heavy atom. The van der Waals surface area contributed by atoms with Gasteiger partial charge in [-0.1, -0.05) is 11.6 Å². The van der Waals surface area contributed by atoms with Gasteiger partial charge in [-0.2, -0.15) is 4.31 Å². The molecule has 2 heterocycles. The molecule has 0 unspecified atom stereocenters. The fourth-order valence-corrected chi connectivity index (χ4v) is 4.96. The Bertz CT molecular complexity index is 578. The fourth-order valence-electron chi connectivity index (χ4n) is 1.55. The number of sulfonamides is 1. The highest BCUT2D eigenvalue weighted by Gasteiger charge is 2.38. The second kappa shape index (κ2) is 4.74. The van der Waals surface area contributed by atoms with Crippen molar-refractivity contribution in [2.75, 3.05) is 19.7 Å². The number of nitro groups is 1. The Morgan fingerprint density at radius 1 is 1.61 bits per heavy atom. The molecule has 0 saturated carbocycles. The average Bonchev–Trinajstić information content (AvgIpc) is 2.59. The van der Waals surface area contributed by atoms with E-state index in [0.717, 1.165) is 6.07 Å². The van der Waals surface area contributed by atoms with Gasteiger partial charge in [-0.05, 0) is 0 Å². The van der Waals surface area contributed by atoms with Gasteiger partial charge in [-0.25, -0.2) is 8.42 Å². The number of hydrogen-bond acceptors (Lipinski definition) is 6. The summed E-state index contributed by atoms with van der Waals surface area (Å²) in [6, 6.07) is 0.967. The first kappa shape index (κ1) is 13.7. The normalized spacial score (nSPS) is 17.7. The van der Waals surface area contributed by atoms with Crippen molar-refractivity contribution in [1.29, 1.82) is 0 Å². The van der Waals surface area contributed by atoms with Crippen molar-refractivity contribution in [1.82, 2.24) is 4.31 Å². The van der Waals surface area contributed by atoms with E-state index in [2.05, 4.69) is 0 Å². The minimum atomic E-state index is -3.73. The van der Waals surface area contributed by atoms with E-state index in [9.17, 15) is 18.5 Å². The molecule has 7 nitrogen and oxygen atoms in total. The number of aliphatic hydroxyl groups is 1. The van der Waals surface area contributed by atoms with Gasteiger partial charge in [-0.15, -0.1) is 11.3 Å². The van der Waals surface area contributed by atoms with Crippen LogP contribution in [-0.4, -0.2) is 42.4 Å². The molecule has 1 aliphatic rings. The van der Waals surface area contributed by atoms with E-state index in [-0.39, 0.29) is 34.2 Å². The standard InChI is InChI=1S/C8H9ClN2O5S2/c9-8-6(11(13)14)1-7(17-8)18(15,16)10-2-5(3-10)4-12/h1,5,12H,2-4H2. The Kier molecular flexibility index (Phi) is 3.60. The average molecular weight is 313 g/mol. The van der Waals surface area contributed by atoms with Gasteiger partial charge in [0, 0.05) is 31.7 Å². The molecule has 0 aromatic carbocycles. The maximum atomic E-state index is 12.0. The third-order valence-corrected chi connectivity index (χ3v) is 6.24. The van der Waals surface area contributed by atoms with Crippen LogP contribution in [0.5, 0.6) is 0 Å². The number of hydrogen-bond donors (Lipinski definition) is 1. The third-order valence-electron chi connectivity index (χ3n) is 2.62. The van der Waals surface area contributed by atoms with Crippen molar-refractivity contribution in [2.24, 2.45) is 5.92 Å². The summed E-state index contributed by atoms with van der Waals surface area (Å²) in [7, 11) is -3.73. The molecule has 18 heavy (non-hydrogen) atoms. The molecule has 0 radical (unpaired) electrons. The summed E-state index contributed by atoms with van der Waals surface area (Å²) in [5.74, 6) is -0.0646. The van der Waals surface area contributed by atoms with Crippen LogP contribution in [0.2, 0.25) is 4.34 Å². The van der Waals surface area contributed by atoms with Crippen LogP contribution < -0.4 is 0 Å². The summed E-state index contributed by atoms with van der Waals surface area (Å²) in [5, 5.41) is 19.4.